The maximum Gasteiger partial charge on any atom is 0.311 e. The fourth-order valence-electron chi connectivity index (χ4n) is 4.84. The van der Waals surface area contributed by atoms with Crippen molar-refractivity contribution < 1.29 is 14.3 Å². The molecule has 2 unspecified atom stereocenters. The smallest absolute Gasteiger partial charge is 0.311 e. The topological polar surface area (TPSA) is 55.4 Å². The molecule has 4 bridgehead atoms. The largest absolute Gasteiger partial charge is 0.469 e. The molecule has 0 heterocycles. The van der Waals surface area contributed by atoms with Crippen LogP contribution in [0.1, 0.15) is 32.1 Å². The fraction of sp³-hybridized carbons (Fsp3) is 0.846. The van der Waals surface area contributed by atoms with Crippen LogP contribution in [0.2, 0.25) is 0 Å². The second-order valence-electron chi connectivity index (χ2n) is 6.05. The Morgan fingerprint density at radius 1 is 1.29 bits per heavy atom. The molecule has 0 saturated heterocycles. The average molecular weight is 237 g/mol. The van der Waals surface area contributed by atoms with Crippen molar-refractivity contribution in [3.63, 3.8) is 0 Å². The molecule has 4 rings (SSSR count). The van der Waals surface area contributed by atoms with Crippen LogP contribution in [0.5, 0.6) is 0 Å². The summed E-state index contributed by atoms with van der Waals surface area (Å²) in [5, 5.41) is 2.97. The highest BCUT2D eigenvalue weighted by Gasteiger charge is 2.58. The molecule has 17 heavy (non-hydrogen) atoms. The van der Waals surface area contributed by atoms with E-state index >= 15 is 0 Å². The second kappa shape index (κ2) is 3.72. The van der Waals surface area contributed by atoms with E-state index in [1.165, 1.54) is 20.0 Å². The lowest BCUT2D eigenvalue weighted by molar-refractivity contribution is -0.171. The molecular formula is C13H19NO3. The summed E-state index contributed by atoms with van der Waals surface area (Å²) in [6.07, 6.45) is 5.95. The molecule has 4 heteroatoms. The molecule has 1 amide bonds. The van der Waals surface area contributed by atoms with Gasteiger partial charge < -0.3 is 10.1 Å². The summed E-state index contributed by atoms with van der Waals surface area (Å²) in [6, 6.07) is 0.293. The summed E-state index contributed by atoms with van der Waals surface area (Å²) < 4.78 is 5.00. The quantitative estimate of drug-likeness (QED) is 0.590. The number of nitrogens with one attached hydrogen (secondary N) is 1. The summed E-state index contributed by atoms with van der Waals surface area (Å²) >= 11 is 0. The molecule has 4 fully saturated rings. The minimum Gasteiger partial charge on any atom is -0.469 e. The number of hydrogen-bond acceptors (Lipinski definition) is 3. The zero-order valence-electron chi connectivity index (χ0n) is 10.1. The number of ether oxygens (including phenoxy) is 1. The normalized spacial score (nSPS) is 46.6. The third-order valence-electron chi connectivity index (χ3n) is 5.15. The predicted molar refractivity (Wildman–Crippen MR) is 61.0 cm³/mol. The molecule has 0 aromatic heterocycles. The van der Waals surface area contributed by atoms with E-state index in [1.807, 2.05) is 0 Å². The zero-order valence-corrected chi connectivity index (χ0v) is 10.1. The third kappa shape index (κ3) is 1.49. The number of esters is 1. The maximum atomic E-state index is 12.0. The van der Waals surface area contributed by atoms with Crippen molar-refractivity contribution in [2.24, 2.45) is 23.2 Å². The number of amides is 1. The van der Waals surface area contributed by atoms with E-state index in [9.17, 15) is 9.59 Å². The van der Waals surface area contributed by atoms with Crippen molar-refractivity contribution in [2.45, 2.75) is 38.1 Å². The summed E-state index contributed by atoms with van der Waals surface area (Å²) in [5.41, 5.74) is -0.230. The van der Waals surface area contributed by atoms with Gasteiger partial charge in [0.1, 0.15) is 0 Å². The van der Waals surface area contributed by atoms with Gasteiger partial charge in [-0.3, -0.25) is 9.59 Å². The first-order valence-corrected chi connectivity index (χ1v) is 6.46. The summed E-state index contributed by atoms with van der Waals surface area (Å²) in [5.74, 6) is 1.59. The number of rotatable bonds is 3. The number of hydrogen-bond donors (Lipinski definition) is 1. The van der Waals surface area contributed by atoms with E-state index in [0.717, 1.165) is 25.7 Å². The van der Waals surface area contributed by atoms with Crippen molar-refractivity contribution in [2.75, 3.05) is 7.11 Å². The molecule has 1 N–H and O–H groups in total. The number of carbonyl (C=O) groups is 2. The van der Waals surface area contributed by atoms with E-state index in [0.29, 0.717) is 23.8 Å². The van der Waals surface area contributed by atoms with Crippen LogP contribution < -0.4 is 5.32 Å². The number of carbonyl (C=O) groups excluding carboxylic acids is 2. The summed E-state index contributed by atoms with van der Waals surface area (Å²) in [4.78, 5) is 22.7. The van der Waals surface area contributed by atoms with E-state index < -0.39 is 0 Å². The highest BCUT2D eigenvalue weighted by molar-refractivity contribution is 5.77. The highest BCUT2D eigenvalue weighted by Crippen LogP contribution is 2.60. The summed E-state index contributed by atoms with van der Waals surface area (Å²) in [7, 11) is 1.49. The Balaban J connectivity index is 1.86. The Morgan fingerprint density at radius 2 is 1.94 bits per heavy atom. The third-order valence-corrected chi connectivity index (χ3v) is 5.15. The molecule has 0 aromatic rings. The van der Waals surface area contributed by atoms with Gasteiger partial charge in [0.15, 0.2) is 0 Å². The molecule has 0 aromatic carbocycles. The molecular weight excluding hydrogens is 218 g/mol. The zero-order chi connectivity index (χ0) is 12.0. The van der Waals surface area contributed by atoms with Gasteiger partial charge in [0.25, 0.3) is 0 Å². The van der Waals surface area contributed by atoms with Gasteiger partial charge in [-0.25, -0.2) is 0 Å². The van der Waals surface area contributed by atoms with Crippen molar-refractivity contribution in [1.29, 1.82) is 0 Å². The molecule has 0 aliphatic heterocycles. The van der Waals surface area contributed by atoms with Gasteiger partial charge in [-0.05, 0) is 49.9 Å². The van der Waals surface area contributed by atoms with E-state index in [4.69, 9.17) is 4.74 Å². The monoisotopic (exact) mass is 237 g/mol. The van der Waals surface area contributed by atoms with Crippen molar-refractivity contribution in [3.05, 3.63) is 0 Å². The lowest BCUT2D eigenvalue weighted by Gasteiger charge is -2.58. The van der Waals surface area contributed by atoms with Crippen LogP contribution >= 0.6 is 0 Å². The van der Waals surface area contributed by atoms with E-state index in [2.05, 4.69) is 5.32 Å². The molecule has 94 valence electrons. The fourth-order valence-corrected chi connectivity index (χ4v) is 4.84. The first-order valence-electron chi connectivity index (χ1n) is 6.46. The van der Waals surface area contributed by atoms with Gasteiger partial charge in [0.05, 0.1) is 12.5 Å². The Hall–Kier alpha value is -1.06. The minimum absolute atomic E-state index is 0.0264. The lowest BCUT2D eigenvalue weighted by Crippen LogP contribution is -2.60. The van der Waals surface area contributed by atoms with Crippen LogP contribution in [0.3, 0.4) is 0 Å². The molecule has 4 aliphatic rings. The van der Waals surface area contributed by atoms with Gasteiger partial charge in [-0.2, -0.15) is 0 Å². The van der Waals surface area contributed by atoms with Crippen LogP contribution in [0.15, 0.2) is 0 Å². The van der Waals surface area contributed by atoms with Crippen molar-refractivity contribution in [3.8, 4) is 0 Å². The first-order chi connectivity index (χ1) is 8.18. The van der Waals surface area contributed by atoms with E-state index in [-0.39, 0.29) is 11.4 Å². The van der Waals surface area contributed by atoms with E-state index in [1.54, 1.807) is 0 Å². The first kappa shape index (κ1) is 11.1. The van der Waals surface area contributed by atoms with Crippen LogP contribution in [0.25, 0.3) is 0 Å². The Kier molecular flexibility index (Phi) is 2.42. The SMILES string of the molecule is COC(=O)C12CC3CC(C1)C(NC=O)C(C3)C2. The van der Waals surface area contributed by atoms with Gasteiger partial charge in [0.2, 0.25) is 6.41 Å². The molecule has 4 saturated carbocycles. The van der Waals surface area contributed by atoms with Gasteiger partial charge >= 0.3 is 5.97 Å². The second-order valence-corrected chi connectivity index (χ2v) is 6.05. The molecule has 4 nitrogen and oxygen atoms in total. The number of methoxy groups -OCH3 is 1. The van der Waals surface area contributed by atoms with Gasteiger partial charge in [-0.1, -0.05) is 0 Å². The lowest BCUT2D eigenvalue weighted by atomic mass is 9.48. The predicted octanol–water partition coefficient (Wildman–Crippen LogP) is 1.10. The van der Waals surface area contributed by atoms with Crippen LogP contribution in [0.4, 0.5) is 0 Å². The van der Waals surface area contributed by atoms with Crippen LogP contribution in [0, 0.1) is 23.2 Å². The average Bonchev–Trinajstić information content (AvgIpc) is 2.32. The Labute approximate surface area is 101 Å². The Bertz CT molecular complexity index is 339. The summed E-state index contributed by atoms with van der Waals surface area (Å²) in [6.45, 7) is 0. The van der Waals surface area contributed by atoms with Crippen LogP contribution in [-0.4, -0.2) is 25.5 Å². The van der Waals surface area contributed by atoms with Crippen molar-refractivity contribution in [1.82, 2.24) is 5.32 Å². The Morgan fingerprint density at radius 3 is 2.47 bits per heavy atom. The highest BCUT2D eigenvalue weighted by atomic mass is 16.5. The van der Waals surface area contributed by atoms with Gasteiger partial charge in [0, 0.05) is 6.04 Å². The standard InChI is InChI=1S/C13H19NO3/c1-17-12(16)13-4-8-2-9(5-13)11(14-7-15)10(3-8)6-13/h7-11H,2-6H2,1H3,(H,14,15). The molecule has 4 aliphatic carbocycles. The molecule has 0 spiro atoms. The maximum absolute atomic E-state index is 12.0. The molecule has 2 atom stereocenters. The van der Waals surface area contributed by atoms with Crippen LogP contribution in [-0.2, 0) is 14.3 Å². The molecule has 0 radical (unpaired) electrons. The minimum atomic E-state index is -0.230. The van der Waals surface area contributed by atoms with Gasteiger partial charge in [-0.15, -0.1) is 0 Å². The van der Waals surface area contributed by atoms with Crippen molar-refractivity contribution >= 4 is 12.4 Å².